The SMILES string of the molecule is O.O.O.O.O.O.O.O.O.O.O.O.O.O.O.O.O.O.O.O.O.O.O.O.O.O.O.O.O.O.O.O.O.O.O.O.O.O.O.O.O.O.O.O.O.O.O.O.O.O.O.O.O.O.O.O.O.O.O.O.O.O.P.P.[K].[K].[K].[K].[K].[K].[K].[K].[Mn].[W].[W].[W].[W].[W].[W].[W].[W].[W].[W].[W].[W].[W].[W].[W].[W].[W]. The van der Waals surface area contributed by atoms with E-state index in [1.807, 2.05) is 0 Å². The Labute approximate surface area is 1120 Å². The molecule has 0 aromatic carbocycles. The van der Waals surface area contributed by atoms with Gasteiger partial charge in [-0.25, -0.2) is 0 Å². The summed E-state index contributed by atoms with van der Waals surface area (Å²) in [6, 6.07) is 0. The second kappa shape index (κ2) is 2500. The first-order valence-corrected chi connectivity index (χ1v) is 0. The molecule has 0 aliphatic carbocycles. The van der Waals surface area contributed by atoms with Gasteiger partial charge in [-0.15, -0.1) is 0 Å². The normalized spacial score (nSPS) is 0. The molecule has 0 bridgehead atoms. The van der Waals surface area contributed by atoms with Crippen LogP contribution in [0.15, 0.2) is 0 Å². The molecule has 9 radical (unpaired) electrons. The Morgan fingerprint density at radius 3 is 0.0556 bits per heavy atom. The first-order chi connectivity index (χ1) is 0. The topological polar surface area (TPSA) is 1950 Å². The summed E-state index contributed by atoms with van der Waals surface area (Å²) in [5.74, 6) is 0. The van der Waals surface area contributed by atoms with Crippen LogP contribution < -0.4 is 0 Å². The summed E-state index contributed by atoms with van der Waals surface area (Å²) >= 11 is 0. The summed E-state index contributed by atoms with van der Waals surface area (Å²) in [5, 5.41) is 0. The summed E-state index contributed by atoms with van der Waals surface area (Å²) in [7, 11) is 0. The molecule has 0 aliphatic heterocycles. The standard InChI is InChI=1S/8K.Mn.62H2O.2H3P.17W/h;;;;;;;;;62*1H2;2*1H3;;;;;;;;;;;;;;;;;. The molecule has 62 nitrogen and oxygen atoms in total. The van der Waals surface area contributed by atoms with Gasteiger partial charge in [0, 0.05) is 786 Å². The van der Waals surface area contributed by atoms with Gasteiger partial charge in [0.25, 0.3) is 0 Å². The Morgan fingerprint density at radius 2 is 0.0556 bits per heavy atom. The van der Waals surface area contributed by atoms with Gasteiger partial charge in [0.05, 0.1) is 0 Å². The van der Waals surface area contributed by atoms with Crippen molar-refractivity contribution in [2.45, 2.75) is 0 Å². The van der Waals surface area contributed by atoms with E-state index in [0.29, 0.717) is 0 Å². The largest absolute Gasteiger partial charge is 0.412 e. The average molecular weight is 4680 g/mol. The minimum absolute atomic E-state index is 0. The molecule has 90 heavy (non-hydrogen) atoms. The van der Waals surface area contributed by atoms with Gasteiger partial charge < -0.3 is 340 Å². The van der Waals surface area contributed by atoms with Gasteiger partial charge in [0.15, 0.2) is 0 Å². The summed E-state index contributed by atoms with van der Waals surface area (Å²) in [4.78, 5) is 0. The van der Waals surface area contributed by atoms with E-state index in [1.54, 1.807) is 0 Å². The fraction of sp³-hybridized carbons (Fsp3) is 0. The summed E-state index contributed by atoms with van der Waals surface area (Å²) in [6.45, 7) is 0. The van der Waals surface area contributed by atoms with E-state index in [1.165, 1.54) is 0 Å². The van der Waals surface area contributed by atoms with Crippen LogP contribution in [0.3, 0.4) is 0 Å². The van der Waals surface area contributed by atoms with Crippen molar-refractivity contribution >= 4 is 431 Å². The molecule has 0 aromatic rings. The minimum atomic E-state index is 0. The van der Waals surface area contributed by atoms with E-state index in [4.69, 9.17) is 0 Å². The van der Waals surface area contributed by atoms with Gasteiger partial charge in [-0.1, -0.05) is 0 Å². The van der Waals surface area contributed by atoms with Crippen molar-refractivity contribution in [1.82, 2.24) is 0 Å². The van der Waals surface area contributed by atoms with E-state index in [2.05, 4.69) is 0 Å². The smallest absolute Gasteiger partial charge is 0 e. The molecule has 0 aliphatic rings. The molecule has 124 N–H and O–H groups in total. The number of hydrogen-bond acceptors (Lipinski definition) is 0. The zero-order valence-corrected chi connectivity index (χ0v) is 127. The molecule has 2 atom stereocenters. The van der Waals surface area contributed by atoms with Crippen molar-refractivity contribution in [3.63, 3.8) is 0 Å². The zero-order valence-electron chi connectivity index (χ0n) is 47.7. The molecule has 0 amide bonds. The van der Waals surface area contributed by atoms with E-state index in [9.17, 15) is 0 Å². The molecule has 0 fully saturated rings. The van der Waals surface area contributed by atoms with Crippen LogP contribution in [0.5, 0.6) is 0 Å². The maximum absolute atomic E-state index is 0. The second-order valence-electron chi connectivity index (χ2n) is 0. The van der Waals surface area contributed by atoms with Crippen LogP contribution in [0, 0.1) is 0 Å². The van der Waals surface area contributed by atoms with E-state index >= 15 is 0 Å². The van der Waals surface area contributed by atoms with E-state index in [-0.39, 0.29) is 1150 Å². The third-order valence-corrected chi connectivity index (χ3v) is 0. The van der Waals surface area contributed by atoms with Crippen molar-refractivity contribution < 1.29 is 715 Å². The molecular formula is H130K8MnO62P2W17. The Balaban J connectivity index is 0. The first-order valence-electron chi connectivity index (χ1n) is 0. The van der Waals surface area contributed by atoms with Crippen molar-refractivity contribution in [3.8, 4) is 0 Å². The fourth-order valence-corrected chi connectivity index (χ4v) is 0. The molecule has 629 valence electrons. The van der Waals surface area contributed by atoms with Crippen LogP contribution >= 0.6 is 19.8 Å². The quantitative estimate of drug-likeness (QED) is 0.161. The van der Waals surface area contributed by atoms with Crippen LogP contribution in [0.25, 0.3) is 0 Å². The van der Waals surface area contributed by atoms with Crippen molar-refractivity contribution in [1.29, 1.82) is 0 Å². The molecule has 0 heterocycles. The van der Waals surface area contributed by atoms with E-state index in [0.717, 1.165) is 0 Å². The van der Waals surface area contributed by atoms with Crippen molar-refractivity contribution in [2.75, 3.05) is 0 Å². The minimum Gasteiger partial charge on any atom is -0.412 e. The summed E-state index contributed by atoms with van der Waals surface area (Å²) in [5.41, 5.74) is 0. The van der Waals surface area contributed by atoms with Crippen LogP contribution in [0.1, 0.15) is 0 Å². The average Bonchev–Trinajstić information content (AvgIpc) is 0. The van der Waals surface area contributed by atoms with Crippen LogP contribution in [0.4, 0.5) is 0 Å². The van der Waals surface area contributed by atoms with Crippen molar-refractivity contribution in [3.05, 3.63) is 0 Å². The molecular weight excluding hydrogens is 4550 g/mol. The van der Waals surface area contributed by atoms with Gasteiger partial charge in [-0.3, -0.25) is 0 Å². The maximum atomic E-state index is 0. The Hall–Kier alpha value is 23.7. The number of rotatable bonds is 0. The Kier molecular flexibility index (Phi) is 71600. The van der Waals surface area contributed by atoms with Gasteiger partial charge in [0.2, 0.25) is 0 Å². The van der Waals surface area contributed by atoms with Crippen LogP contribution in [0.2, 0.25) is 0 Å². The van der Waals surface area contributed by atoms with Crippen LogP contribution in [-0.4, -0.2) is 751 Å². The van der Waals surface area contributed by atoms with Gasteiger partial charge in [-0.05, 0) is 0 Å². The second-order valence-corrected chi connectivity index (χ2v) is 0. The predicted molar refractivity (Wildman–Crippen MR) is 292 cm³/mol. The fourth-order valence-electron chi connectivity index (χ4n) is 0. The molecule has 0 rings (SSSR count). The molecule has 0 spiro atoms. The van der Waals surface area contributed by atoms with Crippen molar-refractivity contribution in [2.24, 2.45) is 0 Å². The third kappa shape index (κ3) is 2440. The monoisotopic (exact) mass is 4680 g/mol. The molecule has 90 heteroatoms. The zero-order chi connectivity index (χ0) is 0. The summed E-state index contributed by atoms with van der Waals surface area (Å²) in [6.07, 6.45) is 0. The molecule has 2 unspecified atom stereocenters. The Morgan fingerprint density at radius 1 is 0.0556 bits per heavy atom. The van der Waals surface area contributed by atoms with Gasteiger partial charge in [-0.2, -0.15) is 19.8 Å². The summed E-state index contributed by atoms with van der Waals surface area (Å²) < 4.78 is 0. The molecule has 0 aromatic heterocycles. The molecule has 0 saturated heterocycles. The predicted octanol–water partition coefficient (Wildman–Crippen LogP) is -54.1. The maximum Gasteiger partial charge on any atom is 0 e. The van der Waals surface area contributed by atoms with Gasteiger partial charge in [0.1, 0.15) is 0 Å². The first kappa shape index (κ1) is 2570. The van der Waals surface area contributed by atoms with Crippen LogP contribution in [-0.2, 0) is 375 Å². The molecule has 0 saturated carbocycles. The number of hydrogen-bond donors (Lipinski definition) is 0. The Bertz CT molecular complexity index is 120. The third-order valence-electron chi connectivity index (χ3n) is 0. The van der Waals surface area contributed by atoms with Gasteiger partial charge >= 0.3 is 0 Å². The van der Waals surface area contributed by atoms with E-state index < -0.39 is 0 Å².